The monoisotopic (exact) mass is 313 g/mol. The molecule has 0 bridgehead atoms. The molecule has 1 aromatic rings. The number of nitrogens with zero attached hydrogens (tertiary/aromatic N) is 1. The van der Waals surface area contributed by atoms with E-state index in [4.69, 9.17) is 16.7 Å². The first kappa shape index (κ1) is 12.9. The normalized spacial score (nSPS) is 11.7. The van der Waals surface area contributed by atoms with Crippen molar-refractivity contribution in [2.45, 2.75) is 11.3 Å². The van der Waals surface area contributed by atoms with E-state index in [0.717, 1.165) is 0 Å². The van der Waals surface area contributed by atoms with Crippen LogP contribution in [0.3, 0.4) is 0 Å². The summed E-state index contributed by atoms with van der Waals surface area (Å²) in [5, 5.41) is 8.53. The SMILES string of the molecule is O=S(=O)(CCCO)c1cc(Br)cnc1Cl. The Hall–Kier alpha value is -0.170. The molecule has 0 spiro atoms. The molecule has 0 aliphatic rings. The Bertz CT molecular complexity index is 449. The summed E-state index contributed by atoms with van der Waals surface area (Å²) in [6, 6.07) is 1.40. The highest BCUT2D eigenvalue weighted by Crippen LogP contribution is 2.23. The van der Waals surface area contributed by atoms with Crippen molar-refractivity contribution < 1.29 is 13.5 Å². The Balaban J connectivity index is 3.09. The molecule has 0 unspecified atom stereocenters. The van der Waals surface area contributed by atoms with Crippen LogP contribution in [0, 0.1) is 0 Å². The van der Waals surface area contributed by atoms with Crippen LogP contribution < -0.4 is 0 Å². The van der Waals surface area contributed by atoms with Gasteiger partial charge in [-0.1, -0.05) is 11.6 Å². The van der Waals surface area contributed by atoms with Crippen molar-refractivity contribution in [3.05, 3.63) is 21.9 Å². The van der Waals surface area contributed by atoms with Gasteiger partial charge in [0.15, 0.2) is 9.84 Å². The molecular formula is C8H9BrClNO3S. The standard InChI is InChI=1S/C8H9BrClNO3S/c9-6-4-7(8(10)11-5-6)15(13,14)3-1-2-12/h4-5,12H,1-3H2. The van der Waals surface area contributed by atoms with Crippen LogP contribution in [0.2, 0.25) is 5.15 Å². The van der Waals surface area contributed by atoms with E-state index in [2.05, 4.69) is 20.9 Å². The molecule has 0 fully saturated rings. The molecule has 0 saturated heterocycles. The fourth-order valence-electron chi connectivity index (χ4n) is 0.987. The molecule has 0 atom stereocenters. The third kappa shape index (κ3) is 3.41. The number of pyridine rings is 1. The largest absolute Gasteiger partial charge is 0.396 e. The molecule has 0 amide bonds. The van der Waals surface area contributed by atoms with Crippen molar-refractivity contribution in [2.24, 2.45) is 0 Å². The summed E-state index contributed by atoms with van der Waals surface area (Å²) in [5.74, 6) is -0.138. The average molecular weight is 315 g/mol. The van der Waals surface area contributed by atoms with Gasteiger partial charge in [0.2, 0.25) is 0 Å². The van der Waals surface area contributed by atoms with Gasteiger partial charge < -0.3 is 5.11 Å². The van der Waals surface area contributed by atoms with Gasteiger partial charge in [-0.05, 0) is 28.4 Å². The first-order valence-corrected chi connectivity index (χ1v) is 6.94. The highest BCUT2D eigenvalue weighted by molar-refractivity contribution is 9.10. The molecule has 1 N–H and O–H groups in total. The van der Waals surface area contributed by atoms with Gasteiger partial charge in [0.05, 0.1) is 5.75 Å². The quantitative estimate of drug-likeness (QED) is 0.858. The number of aliphatic hydroxyl groups is 1. The molecular weight excluding hydrogens is 306 g/mol. The lowest BCUT2D eigenvalue weighted by Crippen LogP contribution is -2.09. The summed E-state index contributed by atoms with van der Waals surface area (Å²) in [6.45, 7) is -0.168. The molecule has 4 nitrogen and oxygen atoms in total. The zero-order valence-electron chi connectivity index (χ0n) is 7.65. The van der Waals surface area contributed by atoms with Crippen molar-refractivity contribution in [3.8, 4) is 0 Å². The molecule has 0 aliphatic carbocycles. The number of aliphatic hydroxyl groups excluding tert-OH is 1. The summed E-state index contributed by atoms with van der Waals surface area (Å²) in [6.07, 6.45) is 1.61. The van der Waals surface area contributed by atoms with Crippen LogP contribution >= 0.6 is 27.5 Å². The molecule has 1 heterocycles. The van der Waals surface area contributed by atoms with E-state index in [-0.39, 0.29) is 28.8 Å². The second kappa shape index (κ2) is 5.25. The third-order valence-electron chi connectivity index (χ3n) is 1.68. The Morgan fingerprint density at radius 3 is 2.80 bits per heavy atom. The number of halogens is 2. The number of rotatable bonds is 4. The zero-order chi connectivity index (χ0) is 11.5. The lowest BCUT2D eigenvalue weighted by Gasteiger charge is -2.05. The van der Waals surface area contributed by atoms with Crippen LogP contribution in [-0.4, -0.2) is 30.9 Å². The number of hydrogen-bond donors (Lipinski definition) is 1. The highest BCUT2D eigenvalue weighted by Gasteiger charge is 2.18. The lowest BCUT2D eigenvalue weighted by atomic mass is 10.5. The predicted molar refractivity (Wildman–Crippen MR) is 60.7 cm³/mol. The highest BCUT2D eigenvalue weighted by atomic mass is 79.9. The van der Waals surface area contributed by atoms with E-state index in [9.17, 15) is 8.42 Å². The van der Waals surface area contributed by atoms with E-state index in [1.807, 2.05) is 0 Å². The summed E-state index contributed by atoms with van der Waals surface area (Å²) in [5.41, 5.74) is 0. The third-order valence-corrected chi connectivity index (χ3v) is 4.33. The fourth-order valence-corrected chi connectivity index (χ4v) is 3.27. The Labute approximate surface area is 101 Å². The zero-order valence-corrected chi connectivity index (χ0v) is 10.8. The second-order valence-electron chi connectivity index (χ2n) is 2.84. The first-order chi connectivity index (χ1) is 6.97. The van der Waals surface area contributed by atoms with Crippen LogP contribution in [0.15, 0.2) is 21.6 Å². The Morgan fingerprint density at radius 1 is 1.53 bits per heavy atom. The summed E-state index contributed by atoms with van der Waals surface area (Å²) >= 11 is 8.81. The Morgan fingerprint density at radius 2 is 2.20 bits per heavy atom. The van der Waals surface area contributed by atoms with Gasteiger partial charge in [-0.2, -0.15) is 0 Å². The van der Waals surface area contributed by atoms with Gasteiger partial charge in [-0.15, -0.1) is 0 Å². The van der Waals surface area contributed by atoms with Gasteiger partial charge >= 0.3 is 0 Å². The van der Waals surface area contributed by atoms with E-state index in [0.29, 0.717) is 4.47 Å². The van der Waals surface area contributed by atoms with Crippen molar-refractivity contribution >= 4 is 37.4 Å². The van der Waals surface area contributed by atoms with Crippen molar-refractivity contribution in [3.63, 3.8) is 0 Å². The summed E-state index contributed by atoms with van der Waals surface area (Å²) in [4.78, 5) is 3.72. The van der Waals surface area contributed by atoms with Crippen molar-refractivity contribution in [2.75, 3.05) is 12.4 Å². The molecule has 0 aromatic carbocycles. The second-order valence-corrected chi connectivity index (χ2v) is 6.19. The molecule has 1 aromatic heterocycles. The summed E-state index contributed by atoms with van der Waals surface area (Å²) < 4.78 is 24.0. The smallest absolute Gasteiger partial charge is 0.181 e. The average Bonchev–Trinajstić information content (AvgIpc) is 2.18. The lowest BCUT2D eigenvalue weighted by molar-refractivity contribution is 0.295. The van der Waals surface area contributed by atoms with Crippen LogP contribution in [0.1, 0.15) is 6.42 Å². The number of aromatic nitrogens is 1. The Kier molecular flexibility index (Phi) is 4.51. The topological polar surface area (TPSA) is 67.3 Å². The molecule has 84 valence electrons. The predicted octanol–water partition coefficient (Wildman–Crippen LogP) is 1.65. The van der Waals surface area contributed by atoms with Gasteiger partial charge in [-0.3, -0.25) is 0 Å². The summed E-state index contributed by atoms with van der Waals surface area (Å²) in [7, 11) is -3.46. The molecule has 0 radical (unpaired) electrons. The minimum Gasteiger partial charge on any atom is -0.396 e. The molecule has 7 heteroatoms. The van der Waals surface area contributed by atoms with Crippen molar-refractivity contribution in [1.82, 2.24) is 4.98 Å². The van der Waals surface area contributed by atoms with Crippen molar-refractivity contribution in [1.29, 1.82) is 0 Å². The molecule has 0 saturated carbocycles. The molecule has 0 aliphatic heterocycles. The fraction of sp³-hybridized carbons (Fsp3) is 0.375. The van der Waals surface area contributed by atoms with E-state index in [1.165, 1.54) is 12.3 Å². The van der Waals surface area contributed by atoms with Crippen LogP contribution in [0.5, 0.6) is 0 Å². The van der Waals surface area contributed by atoms with Gasteiger partial charge in [-0.25, -0.2) is 13.4 Å². The van der Waals surface area contributed by atoms with E-state index < -0.39 is 9.84 Å². The molecule has 15 heavy (non-hydrogen) atoms. The van der Waals surface area contributed by atoms with E-state index in [1.54, 1.807) is 0 Å². The maximum Gasteiger partial charge on any atom is 0.181 e. The van der Waals surface area contributed by atoms with E-state index >= 15 is 0 Å². The van der Waals surface area contributed by atoms with Crippen LogP contribution in [0.25, 0.3) is 0 Å². The number of sulfone groups is 1. The maximum absolute atomic E-state index is 11.7. The first-order valence-electron chi connectivity index (χ1n) is 4.12. The molecule has 1 rings (SSSR count). The minimum absolute atomic E-state index is 0.00742. The number of hydrogen-bond acceptors (Lipinski definition) is 4. The van der Waals surface area contributed by atoms with Crippen LogP contribution in [0.4, 0.5) is 0 Å². The van der Waals surface area contributed by atoms with Gasteiger partial charge in [0.1, 0.15) is 10.0 Å². The van der Waals surface area contributed by atoms with Gasteiger partial charge in [0, 0.05) is 17.3 Å². The maximum atomic E-state index is 11.7. The minimum atomic E-state index is -3.46. The van der Waals surface area contributed by atoms with Crippen LogP contribution in [-0.2, 0) is 9.84 Å². The van der Waals surface area contributed by atoms with Gasteiger partial charge in [0.25, 0.3) is 0 Å².